The summed E-state index contributed by atoms with van der Waals surface area (Å²) in [5, 5.41) is 9.80. The van der Waals surface area contributed by atoms with Crippen molar-refractivity contribution in [1.29, 1.82) is 0 Å². The molecule has 0 amide bonds. The number of ether oxygens (including phenoxy) is 1. The molecule has 1 aliphatic carbocycles. The van der Waals surface area contributed by atoms with Gasteiger partial charge in [-0.1, -0.05) is 0 Å². The van der Waals surface area contributed by atoms with E-state index in [0.29, 0.717) is 31.4 Å². The van der Waals surface area contributed by atoms with Gasteiger partial charge in [-0.3, -0.25) is 9.59 Å². The number of carbonyl (C=O) groups is 2. The van der Waals surface area contributed by atoms with Crippen LogP contribution in [0.3, 0.4) is 0 Å². The van der Waals surface area contributed by atoms with Gasteiger partial charge in [-0.25, -0.2) is 0 Å². The van der Waals surface area contributed by atoms with E-state index in [9.17, 15) is 14.7 Å². The molecule has 1 N–H and O–H groups in total. The minimum atomic E-state index is -0.869. The molecule has 76 valence electrons. The van der Waals surface area contributed by atoms with Crippen molar-refractivity contribution in [3.8, 4) is 0 Å². The highest BCUT2D eigenvalue weighted by Gasteiger charge is 2.50. The van der Waals surface area contributed by atoms with Gasteiger partial charge < -0.3 is 9.84 Å². The molecule has 0 radical (unpaired) electrons. The summed E-state index contributed by atoms with van der Waals surface area (Å²) < 4.78 is 4.87. The molecule has 2 aliphatic rings. The molecule has 1 aliphatic heterocycles. The maximum Gasteiger partial charge on any atom is 0.315 e. The van der Waals surface area contributed by atoms with Gasteiger partial charge in [-0.15, -0.1) is 0 Å². The van der Waals surface area contributed by atoms with Crippen LogP contribution in [0.1, 0.15) is 19.3 Å². The van der Waals surface area contributed by atoms with Crippen LogP contribution in [0.2, 0.25) is 0 Å². The number of esters is 1. The molecule has 1 spiro atoms. The van der Waals surface area contributed by atoms with E-state index in [-0.39, 0.29) is 5.97 Å². The van der Waals surface area contributed by atoms with Gasteiger partial charge in [-0.05, 0) is 24.5 Å². The number of aldehydes is 1. The maximum atomic E-state index is 11.5. The molecule has 2 atom stereocenters. The summed E-state index contributed by atoms with van der Waals surface area (Å²) >= 11 is 0. The average Bonchev–Trinajstić information content (AvgIpc) is 2.54. The fraction of sp³-hybridized carbons (Fsp3) is 0.600. The molecule has 1 fully saturated rings. The molecule has 0 bridgehead atoms. The molecule has 4 nitrogen and oxygen atoms in total. The van der Waals surface area contributed by atoms with Gasteiger partial charge in [0.25, 0.3) is 0 Å². The van der Waals surface area contributed by atoms with Crippen LogP contribution in [-0.2, 0) is 14.3 Å². The molecular formula is C10H12O4. The second kappa shape index (κ2) is 3.20. The lowest BCUT2D eigenvalue weighted by molar-refractivity contribution is -0.151. The second-order valence-electron chi connectivity index (χ2n) is 3.85. The highest BCUT2D eigenvalue weighted by atomic mass is 16.5. The number of cyclic esters (lactones) is 1. The highest BCUT2D eigenvalue weighted by Crippen LogP contribution is 2.42. The molecule has 2 rings (SSSR count). The first-order valence-electron chi connectivity index (χ1n) is 4.70. The molecule has 1 saturated heterocycles. The molecule has 1 heterocycles. The van der Waals surface area contributed by atoms with Gasteiger partial charge in [-0.2, -0.15) is 0 Å². The zero-order valence-corrected chi connectivity index (χ0v) is 7.73. The van der Waals surface area contributed by atoms with Crippen molar-refractivity contribution in [2.24, 2.45) is 5.41 Å². The smallest absolute Gasteiger partial charge is 0.315 e. The summed E-state index contributed by atoms with van der Waals surface area (Å²) in [5.74, 6) is -0.328. The van der Waals surface area contributed by atoms with Crippen LogP contribution < -0.4 is 0 Å². The van der Waals surface area contributed by atoms with Gasteiger partial charge >= 0.3 is 5.97 Å². The summed E-state index contributed by atoms with van der Waals surface area (Å²) in [4.78, 5) is 22.0. The molecule has 0 aromatic carbocycles. The monoisotopic (exact) mass is 196 g/mol. The molecule has 0 aromatic rings. The van der Waals surface area contributed by atoms with Crippen molar-refractivity contribution < 1.29 is 19.4 Å². The zero-order valence-electron chi connectivity index (χ0n) is 7.73. The SMILES string of the molecule is O=CC1=C[C@@H](O)[C@@]2(CCOC2=O)CC1. The molecule has 0 saturated carbocycles. The second-order valence-corrected chi connectivity index (χ2v) is 3.85. The quantitative estimate of drug-likeness (QED) is 0.480. The first-order chi connectivity index (χ1) is 6.69. The van der Waals surface area contributed by atoms with E-state index in [4.69, 9.17) is 4.74 Å². The highest BCUT2D eigenvalue weighted by molar-refractivity contribution is 5.82. The van der Waals surface area contributed by atoms with Gasteiger partial charge in [0, 0.05) is 6.42 Å². The molecule has 0 aromatic heterocycles. The van der Waals surface area contributed by atoms with Gasteiger partial charge in [0.05, 0.1) is 12.7 Å². The Kier molecular flexibility index (Phi) is 2.15. The first kappa shape index (κ1) is 9.40. The summed E-state index contributed by atoms with van der Waals surface area (Å²) in [6.45, 7) is 0.375. The number of aliphatic hydroxyl groups is 1. The third kappa shape index (κ3) is 1.18. The molecule has 4 heteroatoms. The first-order valence-corrected chi connectivity index (χ1v) is 4.70. The Morgan fingerprint density at radius 1 is 1.57 bits per heavy atom. The number of rotatable bonds is 1. The van der Waals surface area contributed by atoms with Crippen LogP contribution in [0.5, 0.6) is 0 Å². The third-order valence-corrected chi connectivity index (χ3v) is 3.14. The number of hydrogen-bond donors (Lipinski definition) is 1. The van der Waals surface area contributed by atoms with E-state index in [0.717, 1.165) is 6.29 Å². The third-order valence-electron chi connectivity index (χ3n) is 3.14. The van der Waals surface area contributed by atoms with E-state index < -0.39 is 11.5 Å². The van der Waals surface area contributed by atoms with E-state index in [1.807, 2.05) is 0 Å². The predicted octanol–water partition coefficient (Wildman–Crippen LogP) is 0.200. The van der Waals surface area contributed by atoms with E-state index >= 15 is 0 Å². The minimum Gasteiger partial charge on any atom is -0.465 e. The van der Waals surface area contributed by atoms with Gasteiger partial charge in [0.15, 0.2) is 0 Å². The van der Waals surface area contributed by atoms with Crippen LogP contribution in [0, 0.1) is 5.41 Å². The van der Waals surface area contributed by atoms with Crippen molar-refractivity contribution >= 4 is 12.3 Å². The molecule has 0 unspecified atom stereocenters. The Hall–Kier alpha value is -1.16. The lowest BCUT2D eigenvalue weighted by atomic mass is 9.72. The summed E-state index contributed by atoms with van der Waals surface area (Å²) in [7, 11) is 0. The lowest BCUT2D eigenvalue weighted by Crippen LogP contribution is -2.40. The number of hydrogen-bond acceptors (Lipinski definition) is 4. The van der Waals surface area contributed by atoms with Crippen molar-refractivity contribution in [2.45, 2.75) is 25.4 Å². The van der Waals surface area contributed by atoms with Crippen molar-refractivity contribution in [2.75, 3.05) is 6.61 Å². The van der Waals surface area contributed by atoms with Crippen LogP contribution >= 0.6 is 0 Å². The zero-order chi connectivity index (χ0) is 10.2. The largest absolute Gasteiger partial charge is 0.465 e. The Labute approximate surface area is 81.6 Å². The average molecular weight is 196 g/mol. The van der Waals surface area contributed by atoms with Gasteiger partial charge in [0.1, 0.15) is 11.7 Å². The van der Waals surface area contributed by atoms with Crippen LogP contribution in [0.4, 0.5) is 0 Å². The summed E-state index contributed by atoms with van der Waals surface area (Å²) in [5.41, 5.74) is -0.199. The summed E-state index contributed by atoms with van der Waals surface area (Å²) in [6.07, 6.45) is 2.95. The van der Waals surface area contributed by atoms with Crippen molar-refractivity contribution in [3.05, 3.63) is 11.6 Å². The van der Waals surface area contributed by atoms with Crippen LogP contribution in [0.15, 0.2) is 11.6 Å². The van der Waals surface area contributed by atoms with Crippen LogP contribution in [-0.4, -0.2) is 30.1 Å². The normalized spacial score (nSPS) is 36.8. The Morgan fingerprint density at radius 3 is 2.86 bits per heavy atom. The predicted molar refractivity (Wildman–Crippen MR) is 47.4 cm³/mol. The fourth-order valence-corrected chi connectivity index (χ4v) is 2.13. The van der Waals surface area contributed by atoms with Crippen molar-refractivity contribution in [1.82, 2.24) is 0 Å². The lowest BCUT2D eigenvalue weighted by Gasteiger charge is -2.32. The van der Waals surface area contributed by atoms with E-state index in [2.05, 4.69) is 0 Å². The number of carbonyl (C=O) groups excluding carboxylic acids is 2. The Morgan fingerprint density at radius 2 is 2.36 bits per heavy atom. The van der Waals surface area contributed by atoms with Crippen molar-refractivity contribution in [3.63, 3.8) is 0 Å². The van der Waals surface area contributed by atoms with E-state index in [1.165, 1.54) is 6.08 Å². The topological polar surface area (TPSA) is 63.6 Å². The maximum absolute atomic E-state index is 11.5. The molecule has 14 heavy (non-hydrogen) atoms. The van der Waals surface area contributed by atoms with E-state index in [1.54, 1.807) is 0 Å². The molecular weight excluding hydrogens is 184 g/mol. The van der Waals surface area contributed by atoms with Crippen LogP contribution in [0.25, 0.3) is 0 Å². The minimum absolute atomic E-state index is 0.328. The van der Waals surface area contributed by atoms with Gasteiger partial charge in [0.2, 0.25) is 0 Å². The Balaban J connectivity index is 2.28. The number of allylic oxidation sites excluding steroid dienone is 1. The Bertz CT molecular complexity index is 307. The summed E-state index contributed by atoms with van der Waals surface area (Å²) in [6, 6.07) is 0. The fourth-order valence-electron chi connectivity index (χ4n) is 2.13. The standard InChI is InChI=1S/C10H12O4/c11-6-7-1-2-10(8(12)5-7)3-4-14-9(10)13/h5-6,8,12H,1-4H2/t8-,10+/m1/s1. The number of aliphatic hydroxyl groups excluding tert-OH is 1.